The SMILES string of the molecule is CC(CCC(=O)NCC(=O)C(CCc1ccccc1)OCc1ccccc1)CNC(=O)c1ccc2ccccc2c1. The van der Waals surface area contributed by atoms with Gasteiger partial charge < -0.3 is 15.4 Å². The molecule has 2 N–H and O–H groups in total. The van der Waals surface area contributed by atoms with Crippen LogP contribution in [0.15, 0.2) is 103 Å². The van der Waals surface area contributed by atoms with Crippen molar-refractivity contribution in [2.45, 2.75) is 45.3 Å². The topological polar surface area (TPSA) is 84.5 Å². The molecule has 4 rings (SSSR count). The molecule has 41 heavy (non-hydrogen) atoms. The van der Waals surface area contributed by atoms with E-state index in [1.54, 1.807) is 0 Å². The number of hydrogen-bond donors (Lipinski definition) is 2. The molecule has 0 radical (unpaired) electrons. The molecule has 4 aromatic carbocycles. The predicted octanol–water partition coefficient (Wildman–Crippen LogP) is 5.89. The van der Waals surface area contributed by atoms with Crippen molar-refractivity contribution in [2.75, 3.05) is 13.1 Å². The number of ketones is 1. The van der Waals surface area contributed by atoms with Crippen molar-refractivity contribution in [3.8, 4) is 0 Å². The summed E-state index contributed by atoms with van der Waals surface area (Å²) in [5.41, 5.74) is 2.75. The fourth-order valence-electron chi connectivity index (χ4n) is 4.62. The molecular weight excluding hydrogens is 512 g/mol. The van der Waals surface area contributed by atoms with E-state index in [2.05, 4.69) is 10.6 Å². The number of nitrogens with one attached hydrogen (secondary N) is 2. The maximum absolute atomic E-state index is 13.0. The number of hydrogen-bond acceptors (Lipinski definition) is 4. The Morgan fingerprint density at radius 1 is 0.732 bits per heavy atom. The largest absolute Gasteiger partial charge is 0.366 e. The highest BCUT2D eigenvalue weighted by atomic mass is 16.5. The maximum atomic E-state index is 13.0. The minimum atomic E-state index is -0.611. The normalized spacial score (nSPS) is 12.4. The van der Waals surface area contributed by atoms with Crippen LogP contribution in [0.5, 0.6) is 0 Å². The summed E-state index contributed by atoms with van der Waals surface area (Å²) in [4.78, 5) is 38.2. The average molecular weight is 551 g/mol. The molecule has 4 aromatic rings. The number of carbonyl (C=O) groups excluding carboxylic acids is 3. The number of fused-ring (bicyclic) bond motifs is 1. The Morgan fingerprint density at radius 3 is 2.12 bits per heavy atom. The first kappa shape index (κ1) is 29.7. The van der Waals surface area contributed by atoms with E-state index in [0.717, 1.165) is 21.9 Å². The molecule has 0 aromatic heterocycles. The molecule has 0 bridgehead atoms. The molecule has 6 heteroatoms. The molecule has 0 fully saturated rings. The Labute approximate surface area is 242 Å². The number of ether oxygens (including phenoxy) is 1. The molecular formula is C35H38N2O4. The summed E-state index contributed by atoms with van der Waals surface area (Å²) in [6.45, 7) is 2.73. The first-order valence-corrected chi connectivity index (χ1v) is 14.2. The minimum Gasteiger partial charge on any atom is -0.366 e. The van der Waals surface area contributed by atoms with Crippen molar-refractivity contribution in [3.63, 3.8) is 0 Å². The van der Waals surface area contributed by atoms with Crippen LogP contribution in [0.1, 0.15) is 47.7 Å². The summed E-state index contributed by atoms with van der Waals surface area (Å²) in [5.74, 6) is -0.347. The molecule has 0 spiro atoms. The quantitative estimate of drug-likeness (QED) is 0.193. The van der Waals surface area contributed by atoms with Crippen LogP contribution < -0.4 is 10.6 Å². The van der Waals surface area contributed by atoms with Crippen LogP contribution in [-0.2, 0) is 27.4 Å². The molecule has 6 nitrogen and oxygen atoms in total. The first-order chi connectivity index (χ1) is 20.0. The van der Waals surface area contributed by atoms with Gasteiger partial charge in [0.15, 0.2) is 5.78 Å². The van der Waals surface area contributed by atoms with Gasteiger partial charge in [-0.3, -0.25) is 14.4 Å². The summed E-state index contributed by atoms with van der Waals surface area (Å²) in [6.07, 6.45) is 1.52. The smallest absolute Gasteiger partial charge is 0.251 e. The third-order valence-electron chi connectivity index (χ3n) is 7.14. The van der Waals surface area contributed by atoms with Crippen LogP contribution in [0, 0.1) is 5.92 Å². The lowest BCUT2D eigenvalue weighted by Crippen LogP contribution is -2.37. The van der Waals surface area contributed by atoms with E-state index >= 15 is 0 Å². The second-order valence-electron chi connectivity index (χ2n) is 10.5. The van der Waals surface area contributed by atoms with Crippen molar-refractivity contribution in [3.05, 3.63) is 120 Å². The van der Waals surface area contributed by atoms with Gasteiger partial charge in [-0.05, 0) is 59.2 Å². The molecule has 212 valence electrons. The third kappa shape index (κ3) is 9.69. The van der Waals surface area contributed by atoms with Crippen LogP contribution in [0.25, 0.3) is 10.8 Å². The molecule has 0 heterocycles. The van der Waals surface area contributed by atoms with E-state index in [-0.39, 0.29) is 36.5 Å². The zero-order valence-corrected chi connectivity index (χ0v) is 23.6. The minimum absolute atomic E-state index is 0.0693. The third-order valence-corrected chi connectivity index (χ3v) is 7.14. The Balaban J connectivity index is 1.19. The number of rotatable bonds is 15. The summed E-state index contributed by atoms with van der Waals surface area (Å²) in [7, 11) is 0. The van der Waals surface area contributed by atoms with Crippen molar-refractivity contribution in [2.24, 2.45) is 5.92 Å². The fraction of sp³-hybridized carbons (Fsp3) is 0.286. The number of amides is 2. The molecule has 0 aliphatic heterocycles. The van der Waals surface area contributed by atoms with Gasteiger partial charge in [0.2, 0.25) is 5.91 Å². The zero-order chi connectivity index (χ0) is 28.9. The van der Waals surface area contributed by atoms with Crippen molar-refractivity contribution < 1.29 is 19.1 Å². The number of carbonyl (C=O) groups is 3. The van der Waals surface area contributed by atoms with E-state index in [0.29, 0.717) is 38.0 Å². The Hall–Kier alpha value is -4.29. The van der Waals surface area contributed by atoms with Gasteiger partial charge in [0.05, 0.1) is 13.2 Å². The predicted molar refractivity (Wildman–Crippen MR) is 162 cm³/mol. The molecule has 0 aliphatic carbocycles. The highest BCUT2D eigenvalue weighted by molar-refractivity contribution is 5.98. The summed E-state index contributed by atoms with van der Waals surface area (Å²) in [5, 5.41) is 7.84. The molecule has 2 unspecified atom stereocenters. The Kier molecular flexibility index (Phi) is 11.2. The van der Waals surface area contributed by atoms with Crippen molar-refractivity contribution in [1.29, 1.82) is 0 Å². The van der Waals surface area contributed by atoms with Gasteiger partial charge in [-0.1, -0.05) is 97.9 Å². The lowest BCUT2D eigenvalue weighted by Gasteiger charge is -2.18. The lowest BCUT2D eigenvalue weighted by atomic mass is 10.0. The Bertz CT molecular complexity index is 1380. The molecule has 2 amide bonds. The number of benzene rings is 4. The maximum Gasteiger partial charge on any atom is 0.251 e. The van der Waals surface area contributed by atoms with E-state index in [1.807, 2.05) is 110 Å². The standard InChI is InChI=1S/C35H38N2O4/c1-26(23-37-35(40)31-19-18-29-14-8-9-15-30(29)22-31)16-21-34(39)36-24-32(38)33(20-17-27-10-4-2-5-11-27)41-25-28-12-6-3-7-13-28/h2-15,18-19,22,26,33H,16-17,20-21,23-25H2,1H3,(H,36,39)(H,37,40). The van der Waals surface area contributed by atoms with Gasteiger partial charge in [-0.15, -0.1) is 0 Å². The summed E-state index contributed by atoms with van der Waals surface area (Å²) in [6, 6.07) is 33.3. The monoisotopic (exact) mass is 550 g/mol. The van der Waals surface area contributed by atoms with Crippen LogP contribution in [0.3, 0.4) is 0 Å². The summed E-state index contributed by atoms with van der Waals surface area (Å²) < 4.78 is 6.02. The van der Waals surface area contributed by atoms with Gasteiger partial charge in [0, 0.05) is 18.5 Å². The fourth-order valence-corrected chi connectivity index (χ4v) is 4.62. The first-order valence-electron chi connectivity index (χ1n) is 14.2. The van der Waals surface area contributed by atoms with Gasteiger partial charge in [0.25, 0.3) is 5.91 Å². The van der Waals surface area contributed by atoms with Gasteiger partial charge in [-0.2, -0.15) is 0 Å². The molecule has 0 saturated heterocycles. The van der Waals surface area contributed by atoms with Crippen molar-refractivity contribution in [1.82, 2.24) is 10.6 Å². The number of aryl methyl sites for hydroxylation is 1. The molecule has 0 saturated carbocycles. The van der Waals surface area contributed by atoms with E-state index < -0.39 is 6.10 Å². The van der Waals surface area contributed by atoms with E-state index in [4.69, 9.17) is 4.74 Å². The van der Waals surface area contributed by atoms with Crippen molar-refractivity contribution >= 4 is 28.4 Å². The average Bonchev–Trinajstić information content (AvgIpc) is 3.02. The van der Waals surface area contributed by atoms with Gasteiger partial charge in [-0.25, -0.2) is 0 Å². The second-order valence-corrected chi connectivity index (χ2v) is 10.5. The highest BCUT2D eigenvalue weighted by Crippen LogP contribution is 2.16. The van der Waals surface area contributed by atoms with Gasteiger partial charge in [0.1, 0.15) is 6.10 Å². The van der Waals surface area contributed by atoms with Gasteiger partial charge >= 0.3 is 0 Å². The number of Topliss-reactive ketones (excluding diaryl/α,β-unsaturated/α-hetero) is 1. The van der Waals surface area contributed by atoms with E-state index in [1.165, 1.54) is 0 Å². The molecule has 0 aliphatic rings. The van der Waals surface area contributed by atoms with E-state index in [9.17, 15) is 14.4 Å². The zero-order valence-electron chi connectivity index (χ0n) is 23.6. The van der Waals surface area contributed by atoms with Crippen LogP contribution in [-0.4, -0.2) is 36.8 Å². The Morgan fingerprint density at radius 2 is 1.39 bits per heavy atom. The second kappa shape index (κ2) is 15.5. The van der Waals surface area contributed by atoms with Crippen LogP contribution in [0.4, 0.5) is 0 Å². The summed E-state index contributed by atoms with van der Waals surface area (Å²) >= 11 is 0. The lowest BCUT2D eigenvalue weighted by molar-refractivity contribution is -0.133. The van der Waals surface area contributed by atoms with Crippen LogP contribution in [0.2, 0.25) is 0 Å². The molecule has 2 atom stereocenters. The van der Waals surface area contributed by atoms with Crippen LogP contribution >= 0.6 is 0 Å². The highest BCUT2D eigenvalue weighted by Gasteiger charge is 2.20.